The Morgan fingerprint density at radius 1 is 0.971 bits per heavy atom. The van der Waals surface area contributed by atoms with E-state index < -0.39 is 5.97 Å². The highest BCUT2D eigenvalue weighted by Gasteiger charge is 2.24. The first-order valence-corrected chi connectivity index (χ1v) is 12.5. The number of aryl methyl sites for hydroxylation is 1. The van der Waals surface area contributed by atoms with E-state index in [4.69, 9.17) is 4.98 Å². The fraction of sp³-hybridized carbons (Fsp3) is 0.393. The quantitative estimate of drug-likeness (QED) is 0.543. The molecule has 0 spiro atoms. The predicted molar refractivity (Wildman–Crippen MR) is 140 cm³/mol. The molecule has 1 aliphatic heterocycles. The SMILES string of the molecule is Cc1cccc(N2CCN(c3cc(C(=O)O)c4cc(NC(=O)C5CCCC5)ccc4n3)CC2)c1C. The molecule has 0 bridgehead atoms. The fourth-order valence-electron chi connectivity index (χ4n) is 5.32. The van der Waals surface area contributed by atoms with Gasteiger partial charge in [-0.2, -0.15) is 0 Å². The number of carboxylic acids is 1. The zero-order valence-corrected chi connectivity index (χ0v) is 20.4. The molecule has 7 heteroatoms. The largest absolute Gasteiger partial charge is 0.478 e. The Balaban J connectivity index is 1.37. The highest BCUT2D eigenvalue weighted by molar-refractivity contribution is 6.05. The van der Waals surface area contributed by atoms with Crippen LogP contribution in [0.15, 0.2) is 42.5 Å². The maximum atomic E-state index is 12.5. The van der Waals surface area contributed by atoms with E-state index in [2.05, 4.69) is 47.2 Å². The van der Waals surface area contributed by atoms with Gasteiger partial charge in [-0.05, 0) is 68.1 Å². The predicted octanol–water partition coefficient (Wildman–Crippen LogP) is 5.01. The molecule has 2 heterocycles. The lowest BCUT2D eigenvalue weighted by Crippen LogP contribution is -2.47. The number of hydrogen-bond acceptors (Lipinski definition) is 5. The van der Waals surface area contributed by atoms with E-state index in [0.29, 0.717) is 22.4 Å². The summed E-state index contributed by atoms with van der Waals surface area (Å²) >= 11 is 0. The van der Waals surface area contributed by atoms with Crippen LogP contribution in [-0.2, 0) is 4.79 Å². The van der Waals surface area contributed by atoms with Crippen LogP contribution in [0.4, 0.5) is 17.2 Å². The topological polar surface area (TPSA) is 85.8 Å². The van der Waals surface area contributed by atoms with Crippen molar-refractivity contribution in [3.63, 3.8) is 0 Å². The minimum Gasteiger partial charge on any atom is -0.478 e. The smallest absolute Gasteiger partial charge is 0.336 e. The lowest BCUT2D eigenvalue weighted by Gasteiger charge is -2.37. The van der Waals surface area contributed by atoms with E-state index in [-0.39, 0.29) is 17.4 Å². The molecule has 2 aliphatic rings. The normalized spacial score (nSPS) is 16.6. The molecule has 0 radical (unpaired) electrons. The third-order valence-corrected chi connectivity index (χ3v) is 7.54. The van der Waals surface area contributed by atoms with Gasteiger partial charge in [0.2, 0.25) is 5.91 Å². The van der Waals surface area contributed by atoms with Crippen LogP contribution in [0.5, 0.6) is 0 Å². The second kappa shape index (κ2) is 9.56. The summed E-state index contributed by atoms with van der Waals surface area (Å²) in [6, 6.07) is 13.4. The van der Waals surface area contributed by atoms with Gasteiger partial charge in [-0.25, -0.2) is 9.78 Å². The van der Waals surface area contributed by atoms with Gasteiger partial charge in [0.25, 0.3) is 0 Å². The number of nitrogens with zero attached hydrogens (tertiary/aromatic N) is 3. The molecule has 0 unspecified atom stereocenters. The van der Waals surface area contributed by atoms with E-state index >= 15 is 0 Å². The summed E-state index contributed by atoms with van der Waals surface area (Å²) in [6.07, 6.45) is 4.01. The van der Waals surface area contributed by atoms with Crippen LogP contribution in [0.2, 0.25) is 0 Å². The number of aromatic carboxylic acids is 1. The third-order valence-electron chi connectivity index (χ3n) is 7.54. The molecule has 1 saturated heterocycles. The second-order valence-electron chi connectivity index (χ2n) is 9.73. The number of hydrogen-bond donors (Lipinski definition) is 2. The molecule has 5 rings (SSSR count). The van der Waals surface area contributed by atoms with Crippen molar-refractivity contribution in [1.29, 1.82) is 0 Å². The Hall–Kier alpha value is -3.61. The first kappa shape index (κ1) is 23.1. The molecule has 1 aromatic heterocycles. The molecule has 182 valence electrons. The van der Waals surface area contributed by atoms with Crippen molar-refractivity contribution in [3.05, 3.63) is 59.2 Å². The number of pyridine rings is 1. The van der Waals surface area contributed by atoms with E-state index in [1.54, 1.807) is 12.1 Å². The van der Waals surface area contributed by atoms with Gasteiger partial charge in [0.1, 0.15) is 5.82 Å². The number of carbonyl (C=O) groups is 2. The summed E-state index contributed by atoms with van der Waals surface area (Å²) in [5.41, 5.74) is 5.29. The number of benzene rings is 2. The van der Waals surface area contributed by atoms with Gasteiger partial charge in [-0.1, -0.05) is 25.0 Å². The number of amides is 1. The molecular formula is C28H32N4O3. The number of carboxylic acid groups (broad SMARTS) is 1. The minimum atomic E-state index is -0.994. The van der Waals surface area contributed by atoms with Gasteiger partial charge in [0, 0.05) is 48.9 Å². The number of rotatable bonds is 5. The molecule has 1 saturated carbocycles. The number of carbonyl (C=O) groups excluding carboxylic acids is 1. The van der Waals surface area contributed by atoms with Crippen LogP contribution < -0.4 is 15.1 Å². The van der Waals surface area contributed by atoms with Crippen molar-refractivity contribution in [1.82, 2.24) is 4.98 Å². The summed E-state index contributed by atoms with van der Waals surface area (Å²) in [5, 5.41) is 13.5. The zero-order chi connectivity index (χ0) is 24.5. The average molecular weight is 473 g/mol. The first-order valence-electron chi connectivity index (χ1n) is 12.5. The van der Waals surface area contributed by atoms with E-state index in [1.807, 2.05) is 12.1 Å². The molecule has 7 nitrogen and oxygen atoms in total. The van der Waals surface area contributed by atoms with Crippen molar-refractivity contribution >= 4 is 40.0 Å². The highest BCUT2D eigenvalue weighted by atomic mass is 16.4. The average Bonchev–Trinajstić information content (AvgIpc) is 3.40. The van der Waals surface area contributed by atoms with Crippen molar-refractivity contribution in [2.24, 2.45) is 5.92 Å². The second-order valence-corrected chi connectivity index (χ2v) is 9.73. The first-order chi connectivity index (χ1) is 16.9. The summed E-state index contributed by atoms with van der Waals surface area (Å²) in [6.45, 7) is 7.51. The molecule has 2 N–H and O–H groups in total. The number of nitrogens with one attached hydrogen (secondary N) is 1. The number of aromatic nitrogens is 1. The Bertz CT molecular complexity index is 1270. The van der Waals surface area contributed by atoms with Crippen LogP contribution in [0.25, 0.3) is 10.9 Å². The van der Waals surface area contributed by atoms with E-state index in [1.165, 1.54) is 16.8 Å². The van der Waals surface area contributed by atoms with Crippen LogP contribution in [0, 0.1) is 19.8 Å². The number of piperazine rings is 1. The standard InChI is InChI=1S/C28H32N4O3/c1-18-6-5-9-25(19(18)2)31-12-14-32(15-13-31)26-17-23(28(34)35)22-16-21(10-11-24(22)30-26)29-27(33)20-7-3-4-8-20/h5-6,9-11,16-17,20H,3-4,7-8,12-15H2,1-2H3,(H,29,33)(H,34,35). The monoisotopic (exact) mass is 472 g/mol. The summed E-state index contributed by atoms with van der Waals surface area (Å²) < 4.78 is 0. The molecule has 0 atom stereocenters. The third kappa shape index (κ3) is 4.67. The van der Waals surface area contributed by atoms with Gasteiger partial charge >= 0.3 is 5.97 Å². The minimum absolute atomic E-state index is 0.0185. The van der Waals surface area contributed by atoms with E-state index in [0.717, 1.165) is 51.9 Å². The van der Waals surface area contributed by atoms with Crippen LogP contribution in [0.3, 0.4) is 0 Å². The highest BCUT2D eigenvalue weighted by Crippen LogP contribution is 2.30. The summed E-state index contributed by atoms with van der Waals surface area (Å²) in [5.74, 6) is -0.248. The fourth-order valence-corrected chi connectivity index (χ4v) is 5.32. The van der Waals surface area contributed by atoms with E-state index in [9.17, 15) is 14.7 Å². The van der Waals surface area contributed by atoms with Crippen LogP contribution >= 0.6 is 0 Å². The van der Waals surface area contributed by atoms with Gasteiger partial charge in [0.05, 0.1) is 11.1 Å². The maximum Gasteiger partial charge on any atom is 0.336 e. The zero-order valence-electron chi connectivity index (χ0n) is 20.4. The van der Waals surface area contributed by atoms with Gasteiger partial charge in [-0.3, -0.25) is 4.79 Å². The van der Waals surface area contributed by atoms with Crippen molar-refractivity contribution in [2.75, 3.05) is 41.3 Å². The Morgan fingerprint density at radius 2 is 1.69 bits per heavy atom. The Morgan fingerprint density at radius 3 is 2.40 bits per heavy atom. The summed E-state index contributed by atoms with van der Waals surface area (Å²) in [4.78, 5) is 34.0. The maximum absolute atomic E-state index is 12.5. The van der Waals surface area contributed by atoms with Crippen LogP contribution in [0.1, 0.15) is 47.2 Å². The van der Waals surface area contributed by atoms with Gasteiger partial charge < -0.3 is 20.2 Å². The molecule has 1 amide bonds. The van der Waals surface area contributed by atoms with Gasteiger partial charge in [0.15, 0.2) is 0 Å². The molecule has 2 aromatic carbocycles. The Kier molecular flexibility index (Phi) is 6.32. The van der Waals surface area contributed by atoms with Crippen molar-refractivity contribution < 1.29 is 14.7 Å². The summed E-state index contributed by atoms with van der Waals surface area (Å²) in [7, 11) is 0. The molecule has 35 heavy (non-hydrogen) atoms. The molecular weight excluding hydrogens is 440 g/mol. The molecule has 3 aromatic rings. The van der Waals surface area contributed by atoms with Gasteiger partial charge in [-0.15, -0.1) is 0 Å². The van der Waals surface area contributed by atoms with Crippen molar-refractivity contribution in [3.8, 4) is 0 Å². The molecule has 2 fully saturated rings. The molecule has 1 aliphatic carbocycles. The Labute approximate surface area is 205 Å². The lowest BCUT2D eigenvalue weighted by atomic mass is 10.1. The van der Waals surface area contributed by atoms with Crippen LogP contribution in [-0.4, -0.2) is 48.1 Å². The lowest BCUT2D eigenvalue weighted by molar-refractivity contribution is -0.119. The van der Waals surface area contributed by atoms with Crippen molar-refractivity contribution in [2.45, 2.75) is 39.5 Å². The number of fused-ring (bicyclic) bond motifs is 1. The number of anilines is 3.